The maximum atomic E-state index is 12.5. The Morgan fingerprint density at radius 2 is 1.79 bits per heavy atom. The minimum Gasteiger partial charge on any atom is -0.324 e. The van der Waals surface area contributed by atoms with Gasteiger partial charge in [-0.15, -0.1) is 0 Å². The van der Waals surface area contributed by atoms with E-state index >= 15 is 0 Å². The van der Waals surface area contributed by atoms with Gasteiger partial charge < -0.3 is 5.32 Å². The lowest BCUT2D eigenvalue weighted by Gasteiger charge is -2.12. The second-order valence-electron chi connectivity index (χ2n) is 5.99. The van der Waals surface area contributed by atoms with Crippen LogP contribution in [0.1, 0.15) is 5.56 Å². The maximum absolute atomic E-state index is 12.5. The largest absolute Gasteiger partial charge is 0.324 e. The molecule has 1 aliphatic heterocycles. The second-order valence-corrected chi connectivity index (χ2v) is 6.98. The number of hydrogen-bond acceptors (Lipinski definition) is 6. The third-order valence-electron chi connectivity index (χ3n) is 4.03. The van der Waals surface area contributed by atoms with E-state index in [2.05, 4.69) is 15.3 Å². The predicted octanol–water partition coefficient (Wildman–Crippen LogP) is 3.30. The molecule has 7 nitrogen and oxygen atoms in total. The molecule has 0 aliphatic carbocycles. The molecule has 1 aliphatic rings. The molecular formula is C20H14N4O3S. The molecule has 3 aromatic rings. The molecule has 0 radical (unpaired) electrons. The smallest absolute Gasteiger partial charge is 0.294 e. The topological polar surface area (TPSA) is 92.3 Å². The number of anilines is 1. The number of carbonyl (C=O) groups is 3. The first-order valence-corrected chi connectivity index (χ1v) is 9.23. The van der Waals surface area contributed by atoms with Crippen molar-refractivity contribution in [2.45, 2.75) is 0 Å². The Balaban J connectivity index is 1.45. The highest BCUT2D eigenvalue weighted by Gasteiger charge is 2.36. The van der Waals surface area contributed by atoms with Crippen molar-refractivity contribution in [1.29, 1.82) is 0 Å². The molecule has 0 unspecified atom stereocenters. The van der Waals surface area contributed by atoms with Gasteiger partial charge in [-0.25, -0.2) is 0 Å². The molecule has 138 valence electrons. The van der Waals surface area contributed by atoms with Gasteiger partial charge in [0.1, 0.15) is 6.54 Å². The third-order valence-corrected chi connectivity index (χ3v) is 4.93. The van der Waals surface area contributed by atoms with Crippen molar-refractivity contribution in [3.05, 3.63) is 71.4 Å². The Morgan fingerprint density at radius 1 is 1.04 bits per heavy atom. The van der Waals surface area contributed by atoms with Gasteiger partial charge in [0.2, 0.25) is 5.91 Å². The van der Waals surface area contributed by atoms with Crippen LogP contribution in [0.15, 0.2) is 65.8 Å². The summed E-state index contributed by atoms with van der Waals surface area (Å²) in [6, 6.07) is 14.3. The number of fused-ring (bicyclic) bond motifs is 1. The van der Waals surface area contributed by atoms with Crippen LogP contribution < -0.4 is 5.32 Å². The van der Waals surface area contributed by atoms with Gasteiger partial charge in [-0.1, -0.05) is 30.3 Å². The number of rotatable bonds is 4. The number of hydrogen-bond donors (Lipinski definition) is 1. The predicted molar refractivity (Wildman–Crippen MR) is 107 cm³/mol. The molecule has 1 N–H and O–H groups in total. The molecule has 2 aromatic carbocycles. The first kappa shape index (κ1) is 17.9. The van der Waals surface area contributed by atoms with E-state index in [1.165, 1.54) is 0 Å². The van der Waals surface area contributed by atoms with E-state index in [-0.39, 0.29) is 6.54 Å². The summed E-state index contributed by atoms with van der Waals surface area (Å²) in [6.45, 7) is -0.352. The summed E-state index contributed by atoms with van der Waals surface area (Å²) in [6.07, 6.45) is 4.79. The van der Waals surface area contributed by atoms with E-state index in [1.807, 2.05) is 30.3 Å². The number of nitrogens with one attached hydrogen (secondary N) is 1. The minimum atomic E-state index is -0.474. The highest BCUT2D eigenvalue weighted by atomic mass is 32.2. The number of carbonyl (C=O) groups excluding carboxylic acids is 3. The molecule has 0 atom stereocenters. The summed E-state index contributed by atoms with van der Waals surface area (Å²) in [4.78, 5) is 46.6. The average molecular weight is 390 g/mol. The number of imide groups is 1. The van der Waals surface area contributed by atoms with Crippen LogP contribution in [0.2, 0.25) is 0 Å². The molecule has 1 aromatic heterocycles. The summed E-state index contributed by atoms with van der Waals surface area (Å²) in [5.41, 5.74) is 2.68. The summed E-state index contributed by atoms with van der Waals surface area (Å²) in [5.74, 6) is -0.940. The van der Waals surface area contributed by atoms with Crippen molar-refractivity contribution >= 4 is 51.6 Å². The van der Waals surface area contributed by atoms with Gasteiger partial charge in [0.05, 0.1) is 15.9 Å². The van der Waals surface area contributed by atoms with Crippen molar-refractivity contribution in [2.24, 2.45) is 0 Å². The van der Waals surface area contributed by atoms with Crippen molar-refractivity contribution in [3.8, 4) is 0 Å². The third kappa shape index (κ3) is 3.77. The number of benzene rings is 2. The van der Waals surface area contributed by atoms with Crippen LogP contribution in [-0.4, -0.2) is 38.5 Å². The maximum Gasteiger partial charge on any atom is 0.294 e. The molecule has 1 fully saturated rings. The van der Waals surface area contributed by atoms with Crippen LogP contribution in [0.25, 0.3) is 17.1 Å². The van der Waals surface area contributed by atoms with Gasteiger partial charge >= 0.3 is 0 Å². The number of amides is 3. The zero-order valence-corrected chi connectivity index (χ0v) is 15.3. The number of thioether (sulfide) groups is 1. The molecule has 0 saturated carbocycles. The van der Waals surface area contributed by atoms with Gasteiger partial charge in [0.25, 0.3) is 11.1 Å². The molecule has 4 rings (SSSR count). The summed E-state index contributed by atoms with van der Waals surface area (Å²) in [7, 11) is 0. The fourth-order valence-corrected chi connectivity index (χ4v) is 3.56. The Hall–Kier alpha value is -3.52. The minimum absolute atomic E-state index is 0.296. The molecule has 1 saturated heterocycles. The van der Waals surface area contributed by atoms with Crippen LogP contribution in [-0.2, 0) is 9.59 Å². The average Bonchev–Trinajstić information content (AvgIpc) is 2.96. The van der Waals surface area contributed by atoms with Crippen molar-refractivity contribution in [3.63, 3.8) is 0 Å². The van der Waals surface area contributed by atoms with Gasteiger partial charge in [0.15, 0.2) is 0 Å². The number of nitrogens with zero attached hydrogens (tertiary/aromatic N) is 3. The van der Waals surface area contributed by atoms with Crippen LogP contribution in [0.5, 0.6) is 0 Å². The van der Waals surface area contributed by atoms with E-state index in [9.17, 15) is 14.4 Å². The summed E-state index contributed by atoms with van der Waals surface area (Å²) in [5, 5.41) is 2.22. The van der Waals surface area contributed by atoms with Crippen molar-refractivity contribution < 1.29 is 14.4 Å². The van der Waals surface area contributed by atoms with E-state index in [4.69, 9.17) is 0 Å². The van der Waals surface area contributed by atoms with E-state index in [1.54, 1.807) is 36.7 Å². The molecule has 3 amide bonds. The highest BCUT2D eigenvalue weighted by molar-refractivity contribution is 8.18. The van der Waals surface area contributed by atoms with Crippen molar-refractivity contribution in [2.75, 3.05) is 11.9 Å². The Morgan fingerprint density at radius 3 is 2.57 bits per heavy atom. The number of aromatic nitrogens is 2. The normalized spacial score (nSPS) is 15.4. The second kappa shape index (κ2) is 7.61. The Bertz CT molecular complexity index is 1110. The molecule has 8 heteroatoms. The Labute approximate surface area is 164 Å². The first-order valence-electron chi connectivity index (χ1n) is 8.41. The lowest BCUT2D eigenvalue weighted by atomic mass is 10.2. The van der Waals surface area contributed by atoms with Gasteiger partial charge in [-0.05, 0) is 41.6 Å². The molecule has 2 heterocycles. The summed E-state index contributed by atoms with van der Waals surface area (Å²) < 4.78 is 0. The quantitative estimate of drug-likeness (QED) is 0.687. The SMILES string of the molecule is O=C(CN1C(=O)S/C(=C\c2ccccc2)C1=O)Nc1ccc2nccnc2c1. The molecule has 28 heavy (non-hydrogen) atoms. The zero-order valence-electron chi connectivity index (χ0n) is 14.5. The van der Waals surface area contributed by atoms with Gasteiger partial charge in [-0.2, -0.15) is 0 Å². The lowest BCUT2D eigenvalue weighted by Crippen LogP contribution is -2.36. The van der Waals surface area contributed by atoms with E-state index in [0.29, 0.717) is 21.6 Å². The highest BCUT2D eigenvalue weighted by Crippen LogP contribution is 2.32. The molecule has 0 bridgehead atoms. The fraction of sp³-hybridized carbons (Fsp3) is 0.0500. The van der Waals surface area contributed by atoms with E-state index < -0.39 is 17.1 Å². The zero-order chi connectivity index (χ0) is 19.5. The molecule has 0 spiro atoms. The summed E-state index contributed by atoms with van der Waals surface area (Å²) >= 11 is 0.827. The monoisotopic (exact) mass is 390 g/mol. The van der Waals surface area contributed by atoms with Crippen molar-refractivity contribution in [1.82, 2.24) is 14.9 Å². The van der Waals surface area contributed by atoms with Crippen LogP contribution in [0, 0.1) is 0 Å². The lowest BCUT2D eigenvalue weighted by molar-refractivity contribution is -0.127. The van der Waals surface area contributed by atoms with Crippen LogP contribution >= 0.6 is 11.8 Å². The molecular weight excluding hydrogens is 376 g/mol. The van der Waals surface area contributed by atoms with Gasteiger partial charge in [-0.3, -0.25) is 29.3 Å². The van der Waals surface area contributed by atoms with Gasteiger partial charge in [0, 0.05) is 18.1 Å². The van der Waals surface area contributed by atoms with Crippen LogP contribution in [0.3, 0.4) is 0 Å². The van der Waals surface area contributed by atoms with E-state index in [0.717, 1.165) is 22.2 Å². The first-order chi connectivity index (χ1) is 13.6. The fourth-order valence-electron chi connectivity index (χ4n) is 2.72. The van der Waals surface area contributed by atoms with Crippen LogP contribution in [0.4, 0.5) is 10.5 Å². The Kier molecular flexibility index (Phi) is 4.86. The standard InChI is InChI=1S/C20H14N4O3S/c25-18(23-14-6-7-15-16(11-14)22-9-8-21-15)12-24-19(26)17(28-20(24)27)10-13-4-2-1-3-5-13/h1-11H,12H2,(H,23,25)/b17-10-.